The highest BCUT2D eigenvalue weighted by atomic mass is 32.1. The van der Waals surface area contributed by atoms with E-state index in [2.05, 4.69) is 15.7 Å². The van der Waals surface area contributed by atoms with Crippen molar-refractivity contribution in [2.75, 3.05) is 23.8 Å². The molecule has 2 N–H and O–H groups in total. The third-order valence-corrected chi connectivity index (χ3v) is 6.93. The van der Waals surface area contributed by atoms with Gasteiger partial charge in [0.25, 0.3) is 0 Å². The van der Waals surface area contributed by atoms with Gasteiger partial charge in [0.05, 0.1) is 48.0 Å². The average Bonchev–Trinajstić information content (AvgIpc) is 3.34. The van der Waals surface area contributed by atoms with Crippen LogP contribution in [0.15, 0.2) is 0 Å². The number of rotatable bonds is 8. The summed E-state index contributed by atoms with van der Waals surface area (Å²) in [5.74, 6) is -11.6. The number of thiocarbonyl (C=S) groups is 1. The van der Waals surface area contributed by atoms with E-state index < -0.39 is 53.1 Å². The number of carbonyl (C=O) groups excluding carboxylic acids is 2. The third kappa shape index (κ3) is 5.88. The number of anilines is 2. The molecule has 8 nitrogen and oxygen atoms in total. The Bertz CT molecular complexity index is 1440. The number of esters is 2. The zero-order chi connectivity index (χ0) is 29.2. The zero-order valence-corrected chi connectivity index (χ0v) is 23.0. The molecule has 0 bridgehead atoms. The maximum absolute atomic E-state index is 14.2. The van der Waals surface area contributed by atoms with Gasteiger partial charge in [-0.3, -0.25) is 4.68 Å². The summed E-state index contributed by atoms with van der Waals surface area (Å²) in [5, 5.41) is 9.98. The molecule has 0 atom stereocenters. The smallest absolute Gasteiger partial charge is 0.348 e. The summed E-state index contributed by atoms with van der Waals surface area (Å²) < 4.78 is 80.3. The van der Waals surface area contributed by atoms with E-state index in [1.807, 2.05) is 0 Å². The molecule has 0 saturated heterocycles. The van der Waals surface area contributed by atoms with Crippen molar-refractivity contribution < 1.29 is 41.0 Å². The number of benzene rings is 1. The molecule has 0 spiro atoms. The summed E-state index contributed by atoms with van der Waals surface area (Å²) >= 11 is 6.29. The van der Waals surface area contributed by atoms with Crippen LogP contribution in [0.4, 0.5) is 32.6 Å². The van der Waals surface area contributed by atoms with Gasteiger partial charge in [0, 0.05) is 0 Å². The topological polar surface area (TPSA) is 94.5 Å². The Morgan fingerprint density at radius 3 is 2.00 bits per heavy atom. The molecule has 0 aliphatic carbocycles. The van der Waals surface area contributed by atoms with Crippen LogP contribution in [0.5, 0.6) is 0 Å². The largest absolute Gasteiger partial charge is 0.462 e. The normalized spacial score (nSPS) is 10.9. The number of nitrogens with one attached hydrogen (secondary N) is 2. The zero-order valence-electron chi connectivity index (χ0n) is 21.4. The second-order valence-electron chi connectivity index (χ2n) is 8.03. The van der Waals surface area contributed by atoms with Crippen molar-refractivity contribution in [2.45, 2.75) is 41.2 Å². The number of halogens is 5. The van der Waals surface area contributed by atoms with Crippen molar-refractivity contribution >= 4 is 51.3 Å². The highest BCUT2D eigenvalue weighted by molar-refractivity contribution is 7.80. The van der Waals surface area contributed by atoms with Gasteiger partial charge in [0.1, 0.15) is 9.88 Å². The van der Waals surface area contributed by atoms with E-state index in [0.29, 0.717) is 11.3 Å². The first-order valence-electron chi connectivity index (χ1n) is 11.4. The molecule has 210 valence electrons. The molecule has 3 aromatic rings. The second kappa shape index (κ2) is 12.1. The molecule has 2 aromatic heterocycles. The molecule has 15 heteroatoms. The van der Waals surface area contributed by atoms with Crippen LogP contribution >= 0.6 is 23.6 Å². The molecule has 0 aliphatic rings. The van der Waals surface area contributed by atoms with E-state index in [-0.39, 0.29) is 45.1 Å². The maximum Gasteiger partial charge on any atom is 0.348 e. The van der Waals surface area contributed by atoms with Crippen LogP contribution in [-0.4, -0.2) is 40.0 Å². The number of thiophene rings is 1. The van der Waals surface area contributed by atoms with Gasteiger partial charge in [-0.25, -0.2) is 31.5 Å². The Kier molecular flexibility index (Phi) is 9.27. The van der Waals surface area contributed by atoms with Gasteiger partial charge >= 0.3 is 11.9 Å². The highest BCUT2D eigenvalue weighted by Crippen LogP contribution is 2.35. The van der Waals surface area contributed by atoms with E-state index in [0.717, 1.165) is 16.0 Å². The van der Waals surface area contributed by atoms with Crippen LogP contribution in [0, 0.1) is 49.9 Å². The van der Waals surface area contributed by atoms with Gasteiger partial charge in [-0.1, -0.05) is 0 Å². The fourth-order valence-corrected chi connectivity index (χ4v) is 5.02. The predicted molar refractivity (Wildman–Crippen MR) is 138 cm³/mol. The maximum atomic E-state index is 14.2. The quantitative estimate of drug-likeness (QED) is 0.112. The minimum atomic E-state index is -2.25. The number of nitrogens with zero attached hydrogens (tertiary/aromatic N) is 2. The number of aryl methyl sites for hydroxylation is 1. The lowest BCUT2D eigenvalue weighted by molar-refractivity contribution is 0.0527. The van der Waals surface area contributed by atoms with Crippen LogP contribution in [0.25, 0.3) is 0 Å². The lowest BCUT2D eigenvalue weighted by atomic mass is 10.1. The van der Waals surface area contributed by atoms with Crippen LogP contribution in [0.3, 0.4) is 0 Å². The highest BCUT2D eigenvalue weighted by Gasteiger charge is 2.28. The molecule has 0 saturated carbocycles. The van der Waals surface area contributed by atoms with Crippen LogP contribution in [0.1, 0.15) is 56.4 Å². The van der Waals surface area contributed by atoms with Gasteiger partial charge < -0.3 is 20.1 Å². The summed E-state index contributed by atoms with van der Waals surface area (Å²) in [5.41, 5.74) is 0.216. The summed E-state index contributed by atoms with van der Waals surface area (Å²) in [4.78, 5) is 25.1. The lowest BCUT2D eigenvalue weighted by Crippen LogP contribution is -2.21. The molecule has 3 rings (SSSR count). The molecular formula is C24H23F5N4O4S2. The molecule has 0 unspecified atom stereocenters. The van der Waals surface area contributed by atoms with E-state index in [1.165, 1.54) is 13.8 Å². The first-order valence-corrected chi connectivity index (χ1v) is 12.7. The Balaban J connectivity index is 1.90. The average molecular weight is 591 g/mol. The Morgan fingerprint density at radius 2 is 1.44 bits per heavy atom. The van der Waals surface area contributed by atoms with Crippen molar-refractivity contribution in [3.8, 4) is 0 Å². The molecule has 0 radical (unpaired) electrons. The molecule has 39 heavy (non-hydrogen) atoms. The fraction of sp³-hybridized carbons (Fsp3) is 0.333. The summed E-state index contributed by atoms with van der Waals surface area (Å²) in [6, 6.07) is 0. The van der Waals surface area contributed by atoms with Gasteiger partial charge in [0.15, 0.2) is 28.4 Å². The monoisotopic (exact) mass is 590 g/mol. The summed E-state index contributed by atoms with van der Waals surface area (Å²) in [6.07, 6.45) is 0. The number of ether oxygens (including phenoxy) is 2. The van der Waals surface area contributed by atoms with Crippen molar-refractivity contribution in [1.29, 1.82) is 0 Å². The van der Waals surface area contributed by atoms with Crippen LogP contribution in [0.2, 0.25) is 0 Å². The molecular weight excluding hydrogens is 567 g/mol. The van der Waals surface area contributed by atoms with Gasteiger partial charge in [-0.15, -0.1) is 11.3 Å². The Morgan fingerprint density at radius 1 is 0.897 bits per heavy atom. The Labute approximate surface area is 229 Å². The van der Waals surface area contributed by atoms with E-state index in [4.69, 9.17) is 21.7 Å². The van der Waals surface area contributed by atoms with E-state index in [9.17, 15) is 31.5 Å². The number of hydrogen-bond acceptors (Lipinski definition) is 7. The second-order valence-corrected chi connectivity index (χ2v) is 9.46. The van der Waals surface area contributed by atoms with Gasteiger partial charge in [-0.05, 0) is 52.4 Å². The fourth-order valence-electron chi connectivity index (χ4n) is 3.66. The molecule has 2 heterocycles. The van der Waals surface area contributed by atoms with Crippen molar-refractivity contribution in [2.24, 2.45) is 0 Å². The summed E-state index contributed by atoms with van der Waals surface area (Å²) in [6.45, 7) is 7.32. The first kappa shape index (κ1) is 30.0. The molecule has 1 aromatic carbocycles. The van der Waals surface area contributed by atoms with Crippen LogP contribution < -0.4 is 10.6 Å². The third-order valence-electron chi connectivity index (χ3n) is 5.54. The number of carbonyl (C=O) groups is 2. The van der Waals surface area contributed by atoms with E-state index in [1.54, 1.807) is 20.8 Å². The standard InChI is InChI=1S/C24H23F5N4O4S2/c1-6-36-22(34)13-9(3)20(23(35)37-7-2)39-21(13)31-24(38)30-19-10(4)32-33(11(19)5)8-12-14(25)16(27)18(29)17(28)15(12)26/h6-8H2,1-5H3,(H2,30,31,38). The summed E-state index contributed by atoms with van der Waals surface area (Å²) in [7, 11) is 0. The van der Waals surface area contributed by atoms with Crippen LogP contribution in [-0.2, 0) is 16.0 Å². The SMILES string of the molecule is CCOC(=O)c1sc(NC(=S)Nc2c(C)nn(Cc3c(F)c(F)c(F)c(F)c3F)c2C)c(C(=O)OCC)c1C. The first-order chi connectivity index (χ1) is 18.3. The minimum absolute atomic E-state index is 0.0424. The number of aromatic nitrogens is 2. The Hall–Kier alpha value is -3.59. The predicted octanol–water partition coefficient (Wildman–Crippen LogP) is 5.78. The number of hydrogen-bond donors (Lipinski definition) is 2. The van der Waals surface area contributed by atoms with Crippen molar-refractivity contribution in [1.82, 2.24) is 9.78 Å². The van der Waals surface area contributed by atoms with E-state index >= 15 is 0 Å². The van der Waals surface area contributed by atoms with Crippen molar-refractivity contribution in [3.05, 3.63) is 62.0 Å². The molecule has 0 fully saturated rings. The molecule has 0 amide bonds. The van der Waals surface area contributed by atoms with Gasteiger partial charge in [0.2, 0.25) is 5.82 Å². The minimum Gasteiger partial charge on any atom is -0.462 e. The lowest BCUT2D eigenvalue weighted by Gasteiger charge is -2.12. The molecule has 0 aliphatic heterocycles. The van der Waals surface area contributed by atoms with Gasteiger partial charge in [-0.2, -0.15) is 5.10 Å². The van der Waals surface area contributed by atoms with Crippen molar-refractivity contribution in [3.63, 3.8) is 0 Å².